The van der Waals surface area contributed by atoms with Crippen molar-refractivity contribution in [3.8, 4) is 0 Å². The van der Waals surface area contributed by atoms with Crippen LogP contribution in [0.5, 0.6) is 0 Å². The van der Waals surface area contributed by atoms with Gasteiger partial charge < -0.3 is 10.4 Å². The number of aliphatic hydroxyl groups excluding tert-OH is 1. The molecular weight excluding hydrogens is 198 g/mol. The lowest BCUT2D eigenvalue weighted by Gasteiger charge is -2.12. The van der Waals surface area contributed by atoms with Gasteiger partial charge in [-0.15, -0.1) is 0 Å². The molecule has 2 heteroatoms. The van der Waals surface area contributed by atoms with Crippen molar-refractivity contribution in [2.24, 2.45) is 0 Å². The Kier molecular flexibility index (Phi) is 6.86. The maximum Gasteiger partial charge on any atom is 0.0431 e. The fourth-order valence-electron chi connectivity index (χ4n) is 1.76. The zero-order valence-corrected chi connectivity index (χ0v) is 10.2. The molecule has 0 aliphatic rings. The summed E-state index contributed by atoms with van der Waals surface area (Å²) in [5.41, 5.74) is 1.39. The van der Waals surface area contributed by atoms with E-state index in [1.165, 1.54) is 5.56 Å². The lowest BCUT2D eigenvalue weighted by molar-refractivity contribution is 0.283. The average molecular weight is 221 g/mol. The monoisotopic (exact) mass is 221 g/mol. The number of nitrogens with one attached hydrogen (secondary N) is 1. The maximum atomic E-state index is 8.64. The van der Waals surface area contributed by atoms with Crippen LogP contribution >= 0.6 is 0 Å². The van der Waals surface area contributed by atoms with E-state index in [2.05, 4.69) is 42.6 Å². The standard InChI is InChI=1S/C14H23NO/c1-13(14-8-4-2-5-9-14)12-15-10-6-3-7-11-16/h2,4-5,8-9,13,15-16H,3,6-7,10-12H2,1H3. The molecule has 0 radical (unpaired) electrons. The maximum absolute atomic E-state index is 8.64. The van der Waals surface area contributed by atoms with E-state index < -0.39 is 0 Å². The van der Waals surface area contributed by atoms with Crippen LogP contribution in [0.15, 0.2) is 30.3 Å². The molecule has 1 unspecified atom stereocenters. The largest absolute Gasteiger partial charge is 0.396 e. The highest BCUT2D eigenvalue weighted by molar-refractivity contribution is 5.18. The summed E-state index contributed by atoms with van der Waals surface area (Å²) in [6, 6.07) is 10.6. The molecule has 0 saturated heterocycles. The van der Waals surface area contributed by atoms with Gasteiger partial charge in [-0.25, -0.2) is 0 Å². The van der Waals surface area contributed by atoms with Gasteiger partial charge in [0.2, 0.25) is 0 Å². The van der Waals surface area contributed by atoms with Crippen LogP contribution in [-0.4, -0.2) is 24.8 Å². The highest BCUT2D eigenvalue weighted by atomic mass is 16.2. The summed E-state index contributed by atoms with van der Waals surface area (Å²) in [5, 5.41) is 12.1. The summed E-state index contributed by atoms with van der Waals surface area (Å²) in [7, 11) is 0. The fraction of sp³-hybridized carbons (Fsp3) is 0.571. The summed E-state index contributed by atoms with van der Waals surface area (Å²) in [6.07, 6.45) is 3.20. The number of aliphatic hydroxyl groups is 1. The van der Waals surface area contributed by atoms with Gasteiger partial charge in [-0.2, -0.15) is 0 Å². The first-order valence-corrected chi connectivity index (χ1v) is 6.21. The normalized spacial score (nSPS) is 12.6. The summed E-state index contributed by atoms with van der Waals surface area (Å²) < 4.78 is 0. The van der Waals surface area contributed by atoms with Crippen molar-refractivity contribution in [1.29, 1.82) is 0 Å². The molecule has 0 amide bonds. The van der Waals surface area contributed by atoms with E-state index in [9.17, 15) is 0 Å². The zero-order valence-electron chi connectivity index (χ0n) is 10.2. The SMILES string of the molecule is CC(CNCCCCCO)c1ccccc1. The molecule has 0 bridgehead atoms. The minimum absolute atomic E-state index is 0.320. The molecule has 1 atom stereocenters. The van der Waals surface area contributed by atoms with E-state index >= 15 is 0 Å². The van der Waals surface area contributed by atoms with E-state index in [4.69, 9.17) is 5.11 Å². The van der Waals surface area contributed by atoms with Gasteiger partial charge in [0.15, 0.2) is 0 Å². The van der Waals surface area contributed by atoms with Crippen molar-refractivity contribution in [2.75, 3.05) is 19.7 Å². The third-order valence-electron chi connectivity index (χ3n) is 2.83. The molecule has 2 N–H and O–H groups in total. The van der Waals surface area contributed by atoms with Crippen molar-refractivity contribution >= 4 is 0 Å². The van der Waals surface area contributed by atoms with Crippen molar-refractivity contribution < 1.29 is 5.11 Å². The van der Waals surface area contributed by atoms with E-state index in [-0.39, 0.29) is 0 Å². The molecular formula is C14H23NO. The topological polar surface area (TPSA) is 32.3 Å². The summed E-state index contributed by atoms with van der Waals surface area (Å²) >= 11 is 0. The van der Waals surface area contributed by atoms with Gasteiger partial charge in [0.05, 0.1) is 0 Å². The molecule has 1 aromatic carbocycles. The predicted molar refractivity (Wildman–Crippen MR) is 68.7 cm³/mol. The molecule has 0 aromatic heterocycles. The second kappa shape index (κ2) is 8.31. The minimum atomic E-state index is 0.320. The molecule has 0 spiro atoms. The Bertz CT molecular complexity index is 261. The summed E-state index contributed by atoms with van der Waals surface area (Å²) in [4.78, 5) is 0. The Hall–Kier alpha value is -0.860. The van der Waals surface area contributed by atoms with Gasteiger partial charge in [0, 0.05) is 13.2 Å². The van der Waals surface area contributed by atoms with Gasteiger partial charge in [0.25, 0.3) is 0 Å². The Balaban J connectivity index is 2.09. The molecule has 1 rings (SSSR count). The quantitative estimate of drug-likeness (QED) is 0.661. The van der Waals surface area contributed by atoms with Crippen molar-refractivity contribution in [1.82, 2.24) is 5.32 Å². The third-order valence-corrected chi connectivity index (χ3v) is 2.83. The summed E-state index contributed by atoms with van der Waals surface area (Å²) in [5.74, 6) is 0.569. The molecule has 90 valence electrons. The lowest BCUT2D eigenvalue weighted by Crippen LogP contribution is -2.21. The second-order valence-electron chi connectivity index (χ2n) is 4.30. The number of unbranched alkanes of at least 4 members (excludes halogenated alkanes) is 2. The molecule has 0 saturated carbocycles. The Morgan fingerprint density at radius 2 is 1.88 bits per heavy atom. The van der Waals surface area contributed by atoms with Crippen molar-refractivity contribution in [3.05, 3.63) is 35.9 Å². The smallest absolute Gasteiger partial charge is 0.0431 e. The Labute approximate surface area is 98.7 Å². The van der Waals surface area contributed by atoms with E-state index in [0.717, 1.165) is 32.4 Å². The van der Waals surface area contributed by atoms with Crippen LogP contribution in [0, 0.1) is 0 Å². The first-order valence-electron chi connectivity index (χ1n) is 6.21. The van der Waals surface area contributed by atoms with Crippen LogP contribution in [0.4, 0.5) is 0 Å². The van der Waals surface area contributed by atoms with E-state index in [1.807, 2.05) is 0 Å². The molecule has 16 heavy (non-hydrogen) atoms. The summed E-state index contributed by atoms with van der Waals surface area (Å²) in [6.45, 7) is 4.65. The van der Waals surface area contributed by atoms with Crippen molar-refractivity contribution in [2.45, 2.75) is 32.1 Å². The van der Waals surface area contributed by atoms with E-state index in [1.54, 1.807) is 0 Å². The van der Waals surface area contributed by atoms with Crippen LogP contribution in [0.3, 0.4) is 0 Å². The Morgan fingerprint density at radius 3 is 2.56 bits per heavy atom. The molecule has 0 aliphatic carbocycles. The molecule has 1 aromatic rings. The van der Waals surface area contributed by atoms with E-state index in [0.29, 0.717) is 12.5 Å². The third kappa shape index (κ3) is 5.29. The van der Waals surface area contributed by atoms with Crippen LogP contribution in [0.2, 0.25) is 0 Å². The van der Waals surface area contributed by atoms with Crippen LogP contribution < -0.4 is 5.32 Å². The number of hydrogen-bond donors (Lipinski definition) is 2. The predicted octanol–water partition coefficient (Wildman–Crippen LogP) is 2.54. The first-order chi connectivity index (χ1) is 7.84. The fourth-order valence-corrected chi connectivity index (χ4v) is 1.76. The second-order valence-corrected chi connectivity index (χ2v) is 4.30. The van der Waals surface area contributed by atoms with Gasteiger partial charge >= 0.3 is 0 Å². The van der Waals surface area contributed by atoms with Gasteiger partial charge in [-0.3, -0.25) is 0 Å². The molecule has 2 nitrogen and oxygen atoms in total. The van der Waals surface area contributed by atoms with Crippen LogP contribution in [0.1, 0.15) is 37.7 Å². The first kappa shape index (κ1) is 13.2. The number of rotatable bonds is 8. The van der Waals surface area contributed by atoms with Gasteiger partial charge in [-0.1, -0.05) is 37.3 Å². The van der Waals surface area contributed by atoms with Crippen LogP contribution in [0.25, 0.3) is 0 Å². The van der Waals surface area contributed by atoms with Crippen LogP contribution in [-0.2, 0) is 0 Å². The molecule has 0 aliphatic heterocycles. The highest BCUT2D eigenvalue weighted by Gasteiger charge is 2.03. The van der Waals surface area contributed by atoms with Gasteiger partial charge in [0.1, 0.15) is 0 Å². The lowest BCUT2D eigenvalue weighted by atomic mass is 10.0. The minimum Gasteiger partial charge on any atom is -0.396 e. The number of hydrogen-bond acceptors (Lipinski definition) is 2. The zero-order chi connectivity index (χ0) is 11.6. The Morgan fingerprint density at radius 1 is 1.12 bits per heavy atom. The van der Waals surface area contributed by atoms with Crippen molar-refractivity contribution in [3.63, 3.8) is 0 Å². The highest BCUT2D eigenvalue weighted by Crippen LogP contribution is 2.12. The average Bonchev–Trinajstić information content (AvgIpc) is 2.34. The number of benzene rings is 1. The molecule has 0 fully saturated rings. The molecule has 0 heterocycles. The van der Waals surface area contributed by atoms with Gasteiger partial charge in [-0.05, 0) is 37.3 Å².